The Morgan fingerprint density at radius 1 is 1.47 bits per heavy atom. The fourth-order valence-corrected chi connectivity index (χ4v) is 3.70. The monoisotopic (exact) mass is 275 g/mol. The van der Waals surface area contributed by atoms with Gasteiger partial charge in [0.25, 0.3) is 5.91 Å². The highest BCUT2D eigenvalue weighted by atomic mass is 32.1. The summed E-state index contributed by atoms with van der Waals surface area (Å²) in [5.74, 6) is 1.25. The fraction of sp³-hybridized carbons (Fsp3) is 0.400. The van der Waals surface area contributed by atoms with Crippen molar-refractivity contribution < 1.29 is 9.21 Å². The van der Waals surface area contributed by atoms with Crippen molar-refractivity contribution in [3.8, 4) is 0 Å². The van der Waals surface area contributed by atoms with Gasteiger partial charge in [0.05, 0.1) is 6.04 Å². The smallest absolute Gasteiger partial charge is 0.290 e. The van der Waals surface area contributed by atoms with Crippen LogP contribution in [0.4, 0.5) is 0 Å². The SMILES string of the molecule is CCC1c2ccsc2CCN1C(=O)c1ccc(C)o1. The number of thiophene rings is 1. The molecule has 0 saturated carbocycles. The Hall–Kier alpha value is -1.55. The van der Waals surface area contributed by atoms with Crippen LogP contribution in [-0.2, 0) is 6.42 Å². The largest absolute Gasteiger partial charge is 0.456 e. The molecule has 2 aromatic rings. The van der Waals surface area contributed by atoms with Crippen molar-refractivity contribution in [2.75, 3.05) is 6.54 Å². The van der Waals surface area contributed by atoms with E-state index in [2.05, 4.69) is 18.4 Å². The number of furan rings is 1. The molecule has 1 atom stereocenters. The molecule has 0 N–H and O–H groups in total. The summed E-state index contributed by atoms with van der Waals surface area (Å²) in [7, 11) is 0. The van der Waals surface area contributed by atoms with Gasteiger partial charge in [-0.05, 0) is 48.9 Å². The predicted molar refractivity (Wildman–Crippen MR) is 75.5 cm³/mol. The lowest BCUT2D eigenvalue weighted by atomic mass is 9.97. The summed E-state index contributed by atoms with van der Waals surface area (Å²) in [4.78, 5) is 15.9. The predicted octanol–water partition coefficient (Wildman–Crippen LogP) is 3.80. The van der Waals surface area contributed by atoms with Crippen molar-refractivity contribution in [3.05, 3.63) is 45.5 Å². The molecule has 1 amide bonds. The van der Waals surface area contributed by atoms with E-state index in [9.17, 15) is 4.79 Å². The van der Waals surface area contributed by atoms with E-state index in [4.69, 9.17) is 4.42 Å². The zero-order valence-electron chi connectivity index (χ0n) is 11.2. The van der Waals surface area contributed by atoms with E-state index in [1.165, 1.54) is 10.4 Å². The molecular weight excluding hydrogens is 258 g/mol. The Morgan fingerprint density at radius 3 is 3.00 bits per heavy atom. The lowest BCUT2D eigenvalue weighted by Gasteiger charge is -2.34. The van der Waals surface area contributed by atoms with E-state index in [0.29, 0.717) is 5.76 Å². The van der Waals surface area contributed by atoms with Crippen LogP contribution in [0.25, 0.3) is 0 Å². The molecule has 0 radical (unpaired) electrons. The first-order valence-electron chi connectivity index (χ1n) is 6.64. The highest BCUT2D eigenvalue weighted by Gasteiger charge is 2.31. The summed E-state index contributed by atoms with van der Waals surface area (Å²) in [5.41, 5.74) is 1.32. The topological polar surface area (TPSA) is 33.5 Å². The van der Waals surface area contributed by atoms with Crippen LogP contribution in [-0.4, -0.2) is 17.4 Å². The maximum atomic E-state index is 12.5. The summed E-state index contributed by atoms with van der Waals surface area (Å²) in [6.07, 6.45) is 1.89. The molecule has 0 fully saturated rings. The van der Waals surface area contributed by atoms with E-state index in [1.54, 1.807) is 17.4 Å². The van der Waals surface area contributed by atoms with E-state index >= 15 is 0 Å². The normalized spacial score (nSPS) is 18.4. The van der Waals surface area contributed by atoms with Crippen molar-refractivity contribution in [2.45, 2.75) is 32.7 Å². The van der Waals surface area contributed by atoms with Crippen molar-refractivity contribution >= 4 is 17.2 Å². The third kappa shape index (κ3) is 2.10. The third-order valence-corrected chi connectivity index (χ3v) is 4.69. The van der Waals surface area contributed by atoms with Crippen LogP contribution >= 0.6 is 11.3 Å². The molecule has 2 aromatic heterocycles. The molecule has 0 bridgehead atoms. The number of aryl methyl sites for hydroxylation is 1. The molecule has 1 aliphatic rings. The van der Waals surface area contributed by atoms with Crippen LogP contribution in [0.2, 0.25) is 0 Å². The lowest BCUT2D eigenvalue weighted by molar-refractivity contribution is 0.0623. The molecule has 1 unspecified atom stereocenters. The van der Waals surface area contributed by atoms with Gasteiger partial charge in [0.15, 0.2) is 5.76 Å². The number of hydrogen-bond acceptors (Lipinski definition) is 3. The Balaban J connectivity index is 1.91. The molecule has 1 aliphatic heterocycles. The minimum absolute atomic E-state index is 0.0109. The van der Waals surface area contributed by atoms with Gasteiger partial charge in [0.1, 0.15) is 5.76 Å². The summed E-state index contributed by atoms with van der Waals surface area (Å²) < 4.78 is 5.47. The third-order valence-electron chi connectivity index (χ3n) is 3.69. The second-order valence-electron chi connectivity index (χ2n) is 4.88. The molecule has 0 saturated heterocycles. The lowest BCUT2D eigenvalue weighted by Crippen LogP contribution is -2.39. The van der Waals surface area contributed by atoms with Gasteiger partial charge >= 0.3 is 0 Å². The van der Waals surface area contributed by atoms with Crippen LogP contribution < -0.4 is 0 Å². The summed E-state index contributed by atoms with van der Waals surface area (Å²) in [6, 6.07) is 5.95. The quantitative estimate of drug-likeness (QED) is 0.835. The first kappa shape index (κ1) is 12.5. The van der Waals surface area contributed by atoms with Crippen molar-refractivity contribution in [1.29, 1.82) is 0 Å². The maximum Gasteiger partial charge on any atom is 0.290 e. The molecule has 3 heterocycles. The fourth-order valence-electron chi connectivity index (χ4n) is 2.77. The number of carbonyl (C=O) groups excluding carboxylic acids is 1. The number of nitrogens with zero attached hydrogens (tertiary/aromatic N) is 1. The van der Waals surface area contributed by atoms with E-state index < -0.39 is 0 Å². The van der Waals surface area contributed by atoms with E-state index in [1.807, 2.05) is 17.9 Å². The Bertz CT molecular complexity index is 599. The average molecular weight is 275 g/mol. The second-order valence-corrected chi connectivity index (χ2v) is 5.88. The van der Waals surface area contributed by atoms with Crippen molar-refractivity contribution in [1.82, 2.24) is 4.90 Å². The van der Waals surface area contributed by atoms with Crippen LogP contribution in [0.15, 0.2) is 28.0 Å². The first-order chi connectivity index (χ1) is 9.20. The number of fused-ring (bicyclic) bond motifs is 1. The maximum absolute atomic E-state index is 12.5. The Kier molecular flexibility index (Phi) is 3.19. The molecule has 0 aliphatic carbocycles. The average Bonchev–Trinajstić information content (AvgIpc) is 3.04. The Morgan fingerprint density at radius 2 is 2.32 bits per heavy atom. The van der Waals surface area contributed by atoms with Gasteiger partial charge < -0.3 is 9.32 Å². The van der Waals surface area contributed by atoms with Crippen molar-refractivity contribution in [2.24, 2.45) is 0 Å². The molecule has 3 rings (SSSR count). The van der Waals surface area contributed by atoms with Gasteiger partial charge in [-0.25, -0.2) is 0 Å². The van der Waals surface area contributed by atoms with Gasteiger partial charge in [0, 0.05) is 11.4 Å². The first-order valence-corrected chi connectivity index (χ1v) is 7.52. The van der Waals surface area contributed by atoms with E-state index in [0.717, 1.165) is 25.1 Å². The molecule has 0 aromatic carbocycles. The number of rotatable bonds is 2. The van der Waals surface area contributed by atoms with Crippen LogP contribution in [0.5, 0.6) is 0 Å². The van der Waals surface area contributed by atoms with E-state index in [-0.39, 0.29) is 11.9 Å². The van der Waals surface area contributed by atoms with Gasteiger partial charge in [-0.2, -0.15) is 0 Å². The van der Waals surface area contributed by atoms with Gasteiger partial charge in [-0.15, -0.1) is 11.3 Å². The van der Waals surface area contributed by atoms with Crippen LogP contribution in [0, 0.1) is 6.92 Å². The zero-order chi connectivity index (χ0) is 13.4. The van der Waals surface area contributed by atoms with Crippen LogP contribution in [0.3, 0.4) is 0 Å². The Labute approximate surface area is 116 Å². The second kappa shape index (κ2) is 4.85. The summed E-state index contributed by atoms with van der Waals surface area (Å²) >= 11 is 1.80. The van der Waals surface area contributed by atoms with Gasteiger partial charge in [-0.1, -0.05) is 6.92 Å². The minimum atomic E-state index is 0.0109. The molecule has 100 valence electrons. The number of amides is 1. The molecule has 0 spiro atoms. The standard InChI is InChI=1S/C15H17NO2S/c1-3-12-11-7-9-19-14(11)6-8-16(12)15(17)13-5-4-10(2)18-13/h4-5,7,9,12H,3,6,8H2,1-2H3. The molecular formula is C15H17NO2S. The summed E-state index contributed by atoms with van der Waals surface area (Å²) in [6.45, 7) is 4.77. The van der Waals surface area contributed by atoms with Gasteiger partial charge in [0.2, 0.25) is 0 Å². The van der Waals surface area contributed by atoms with Crippen LogP contribution in [0.1, 0.15) is 46.1 Å². The summed E-state index contributed by atoms with van der Waals surface area (Å²) in [5, 5.41) is 2.12. The highest BCUT2D eigenvalue weighted by Crippen LogP contribution is 2.36. The van der Waals surface area contributed by atoms with Crippen molar-refractivity contribution in [3.63, 3.8) is 0 Å². The molecule has 4 heteroatoms. The number of hydrogen-bond donors (Lipinski definition) is 0. The van der Waals surface area contributed by atoms with Gasteiger partial charge in [-0.3, -0.25) is 4.79 Å². The minimum Gasteiger partial charge on any atom is -0.456 e. The molecule has 19 heavy (non-hydrogen) atoms. The zero-order valence-corrected chi connectivity index (χ0v) is 12.0. The highest BCUT2D eigenvalue weighted by molar-refractivity contribution is 7.10. The number of carbonyl (C=O) groups is 1. The molecule has 3 nitrogen and oxygen atoms in total.